The van der Waals surface area contributed by atoms with Gasteiger partial charge in [0.2, 0.25) is 5.96 Å². The zero-order valence-corrected chi connectivity index (χ0v) is 18.1. The minimum Gasteiger partial charge on any atom is -0.397 e. The molecule has 0 saturated carbocycles. The molecule has 33 heavy (non-hydrogen) atoms. The smallest absolute Gasteiger partial charge is 0.397 e. The lowest BCUT2D eigenvalue weighted by atomic mass is 9.91. The van der Waals surface area contributed by atoms with E-state index in [4.69, 9.17) is 11.5 Å². The molecule has 0 aliphatic carbocycles. The summed E-state index contributed by atoms with van der Waals surface area (Å²) in [6.07, 6.45) is 0.359. The van der Waals surface area contributed by atoms with Crippen LogP contribution in [0.5, 0.6) is 0 Å². The molecule has 5 N–H and O–H groups in total. The Morgan fingerprint density at radius 3 is 2.61 bits per heavy atom. The molecule has 0 fully saturated rings. The molecule has 2 heterocycles. The molecule has 178 valence electrons. The van der Waals surface area contributed by atoms with E-state index in [0.29, 0.717) is 17.3 Å². The fourth-order valence-electron chi connectivity index (χ4n) is 2.97. The zero-order chi connectivity index (χ0) is 24.8. The van der Waals surface area contributed by atoms with Gasteiger partial charge in [-0.05, 0) is 24.0 Å². The second-order valence-electron chi connectivity index (χ2n) is 7.65. The van der Waals surface area contributed by atoms with Crippen molar-refractivity contribution in [3.63, 3.8) is 0 Å². The third-order valence-electron chi connectivity index (χ3n) is 4.50. The number of aliphatic imine (C=N–C) groups is 1. The van der Waals surface area contributed by atoms with Gasteiger partial charge in [-0.1, -0.05) is 26.5 Å². The molecule has 0 bridgehead atoms. The van der Waals surface area contributed by atoms with Crippen molar-refractivity contribution in [3.8, 4) is 0 Å². The summed E-state index contributed by atoms with van der Waals surface area (Å²) in [6, 6.07) is 3.58. The van der Waals surface area contributed by atoms with Crippen LogP contribution in [-0.4, -0.2) is 33.2 Å². The van der Waals surface area contributed by atoms with E-state index in [9.17, 15) is 22.4 Å². The van der Waals surface area contributed by atoms with Gasteiger partial charge in [-0.3, -0.25) is 9.78 Å². The van der Waals surface area contributed by atoms with Crippen molar-refractivity contribution in [1.29, 1.82) is 0 Å². The molecule has 0 radical (unpaired) electrons. The molecule has 0 saturated heterocycles. The number of aromatic nitrogens is 3. The molecule has 12 heteroatoms. The van der Waals surface area contributed by atoms with Crippen LogP contribution in [0, 0.1) is 5.92 Å². The summed E-state index contributed by atoms with van der Waals surface area (Å²) in [6.45, 7) is 7.23. The van der Waals surface area contributed by atoms with Crippen molar-refractivity contribution >= 4 is 11.9 Å². The topological polar surface area (TPSA) is 124 Å². The lowest BCUT2D eigenvalue weighted by molar-refractivity contribution is -0.141. The van der Waals surface area contributed by atoms with Crippen LogP contribution in [0.1, 0.15) is 47.8 Å². The Labute approximate surface area is 188 Å². The maximum Gasteiger partial charge on any atom is 0.435 e. The number of alkyl halides is 3. The Morgan fingerprint density at radius 2 is 2.06 bits per heavy atom. The van der Waals surface area contributed by atoms with Gasteiger partial charge >= 0.3 is 6.18 Å². The highest BCUT2D eigenvalue weighted by Crippen LogP contribution is 2.31. The summed E-state index contributed by atoms with van der Waals surface area (Å²) in [5.74, 6) is -2.50. The van der Waals surface area contributed by atoms with Gasteiger partial charge in [0.15, 0.2) is 11.5 Å². The summed E-state index contributed by atoms with van der Waals surface area (Å²) >= 11 is 0. The largest absolute Gasteiger partial charge is 0.435 e. The molecule has 2 rings (SSSR count). The molecule has 8 nitrogen and oxygen atoms in total. The van der Waals surface area contributed by atoms with Crippen LogP contribution >= 0.6 is 0 Å². The second-order valence-corrected chi connectivity index (χ2v) is 7.65. The summed E-state index contributed by atoms with van der Waals surface area (Å²) in [4.78, 5) is 20.2. The molecular weight excluding hydrogens is 442 g/mol. The number of amides is 1. The first kappa shape index (κ1) is 25.6. The Morgan fingerprint density at radius 1 is 1.36 bits per heavy atom. The Hall–Kier alpha value is -3.70. The molecule has 1 unspecified atom stereocenters. The molecule has 0 aliphatic heterocycles. The normalized spacial score (nSPS) is 13.8. The van der Waals surface area contributed by atoms with Gasteiger partial charge < -0.3 is 16.8 Å². The van der Waals surface area contributed by atoms with Gasteiger partial charge in [0.05, 0.1) is 17.5 Å². The third kappa shape index (κ3) is 7.16. The van der Waals surface area contributed by atoms with Crippen LogP contribution in [-0.2, 0) is 6.18 Å². The Bertz CT molecular complexity index is 1040. The van der Waals surface area contributed by atoms with E-state index >= 15 is 0 Å². The van der Waals surface area contributed by atoms with Gasteiger partial charge in [0.25, 0.3) is 5.91 Å². The number of allylic oxidation sites excluding steroid dienone is 1. The minimum atomic E-state index is -4.94. The molecule has 2 aromatic rings. The first-order chi connectivity index (χ1) is 15.4. The van der Waals surface area contributed by atoms with Gasteiger partial charge in [0.1, 0.15) is 0 Å². The Balaban J connectivity index is 2.30. The van der Waals surface area contributed by atoms with Gasteiger partial charge in [-0.2, -0.15) is 18.3 Å². The number of carbonyl (C=O) groups excluding carboxylic acids is 1. The number of halogens is 4. The van der Waals surface area contributed by atoms with Crippen molar-refractivity contribution in [2.75, 3.05) is 6.54 Å². The summed E-state index contributed by atoms with van der Waals surface area (Å²) < 4.78 is 54.4. The summed E-state index contributed by atoms with van der Waals surface area (Å²) in [5.41, 5.74) is 8.94. The standard InChI is InChI=1S/C21H25F4N7O/c1-12(2)7-15(14-5-4-6-28-8-14)9-29-19(33)16-11-32(31-18(16)21(23,24)25)20(27)30-10-17(22)13(3)26/h4-6,8,10-12,15H,3,7,9,26H2,1-2H3,(H2,27,30)(H,29,33)/b17-10+. The quantitative estimate of drug-likeness (QED) is 0.238. The fraction of sp³-hybridized carbons (Fsp3) is 0.333. The average molecular weight is 467 g/mol. The maximum atomic E-state index is 13.5. The van der Waals surface area contributed by atoms with Crippen LogP contribution in [0.4, 0.5) is 17.6 Å². The van der Waals surface area contributed by atoms with Crippen molar-refractivity contribution in [3.05, 3.63) is 71.8 Å². The van der Waals surface area contributed by atoms with E-state index in [2.05, 4.69) is 27.0 Å². The van der Waals surface area contributed by atoms with Gasteiger partial charge in [-0.25, -0.2) is 14.1 Å². The van der Waals surface area contributed by atoms with E-state index in [1.165, 1.54) is 0 Å². The maximum absolute atomic E-state index is 13.5. The molecule has 1 atom stereocenters. The lowest BCUT2D eigenvalue weighted by Crippen LogP contribution is -2.30. The Kier molecular flexibility index (Phi) is 8.32. The van der Waals surface area contributed by atoms with Crippen molar-refractivity contribution in [2.24, 2.45) is 22.4 Å². The highest BCUT2D eigenvalue weighted by molar-refractivity contribution is 5.96. The molecular formula is C21H25F4N7O. The summed E-state index contributed by atoms with van der Waals surface area (Å²) in [7, 11) is 0. The van der Waals surface area contributed by atoms with Crippen LogP contribution in [0.3, 0.4) is 0 Å². The van der Waals surface area contributed by atoms with Crippen LogP contribution in [0.15, 0.2) is 60.0 Å². The second kappa shape index (κ2) is 10.7. The van der Waals surface area contributed by atoms with Crippen molar-refractivity contribution in [2.45, 2.75) is 32.4 Å². The summed E-state index contributed by atoms with van der Waals surface area (Å²) in [5, 5.41) is 5.85. The van der Waals surface area contributed by atoms with E-state index < -0.39 is 40.8 Å². The lowest BCUT2D eigenvalue weighted by Gasteiger charge is -2.20. The average Bonchev–Trinajstić information content (AvgIpc) is 3.21. The molecule has 0 aliphatic rings. The highest BCUT2D eigenvalue weighted by atomic mass is 19.4. The number of carbonyl (C=O) groups is 1. The number of nitrogens with zero attached hydrogens (tertiary/aromatic N) is 4. The zero-order valence-electron chi connectivity index (χ0n) is 18.1. The van der Waals surface area contributed by atoms with E-state index in [1.807, 2.05) is 19.9 Å². The molecule has 1 amide bonds. The number of nitrogens with one attached hydrogen (secondary N) is 1. The first-order valence-electron chi connectivity index (χ1n) is 9.89. The van der Waals surface area contributed by atoms with E-state index in [0.717, 1.165) is 11.8 Å². The fourth-order valence-corrected chi connectivity index (χ4v) is 2.97. The van der Waals surface area contributed by atoms with Crippen LogP contribution in [0.25, 0.3) is 0 Å². The van der Waals surface area contributed by atoms with Gasteiger partial charge in [-0.15, -0.1) is 0 Å². The highest BCUT2D eigenvalue weighted by Gasteiger charge is 2.39. The van der Waals surface area contributed by atoms with Crippen molar-refractivity contribution in [1.82, 2.24) is 20.1 Å². The molecule has 0 aromatic carbocycles. The van der Waals surface area contributed by atoms with Crippen LogP contribution < -0.4 is 16.8 Å². The van der Waals surface area contributed by atoms with Crippen molar-refractivity contribution < 1.29 is 22.4 Å². The number of hydrogen-bond acceptors (Lipinski definition) is 5. The molecule has 2 aromatic heterocycles. The first-order valence-corrected chi connectivity index (χ1v) is 9.89. The SMILES string of the molecule is C=C(N)/C(F)=C\N=C(/N)n1cc(C(=O)NCC(CC(C)C)c2cccnc2)c(C(F)(F)F)n1. The molecule has 0 spiro atoms. The predicted octanol–water partition coefficient (Wildman–Crippen LogP) is 3.30. The van der Waals surface area contributed by atoms with Crippen LogP contribution in [0.2, 0.25) is 0 Å². The number of pyridine rings is 1. The van der Waals surface area contributed by atoms with E-state index in [1.54, 1.807) is 18.5 Å². The number of nitrogens with two attached hydrogens (primary N) is 2. The predicted molar refractivity (Wildman–Crippen MR) is 116 cm³/mol. The van der Waals surface area contributed by atoms with E-state index in [-0.39, 0.29) is 18.4 Å². The number of rotatable bonds is 8. The third-order valence-corrected chi connectivity index (χ3v) is 4.50. The van der Waals surface area contributed by atoms with Gasteiger partial charge in [0, 0.05) is 31.1 Å². The monoisotopic (exact) mass is 467 g/mol. The number of hydrogen-bond donors (Lipinski definition) is 3. The minimum absolute atomic E-state index is 0.0846.